The molecule has 0 unspecified atom stereocenters. The minimum absolute atomic E-state index is 0.0168. The molecule has 1 fully saturated rings. The lowest BCUT2D eigenvalue weighted by molar-refractivity contribution is -0.132. The number of carbonyl (C=O) groups is 3. The van der Waals surface area contributed by atoms with E-state index in [2.05, 4.69) is 5.32 Å². The molecule has 6 nitrogen and oxygen atoms in total. The maximum atomic E-state index is 12.4. The van der Waals surface area contributed by atoms with Crippen molar-refractivity contribution >= 4 is 17.6 Å². The molecule has 1 saturated heterocycles. The second kappa shape index (κ2) is 12.0. The number of ketones is 1. The number of ether oxygens (including phenoxy) is 1. The number of benzene rings is 2. The Bertz CT molecular complexity index is 888. The highest BCUT2D eigenvalue weighted by Crippen LogP contribution is 2.14. The van der Waals surface area contributed by atoms with Crippen LogP contribution in [0, 0.1) is 6.92 Å². The van der Waals surface area contributed by atoms with Crippen LogP contribution in [0.3, 0.4) is 0 Å². The molecule has 0 spiro atoms. The molecule has 1 aliphatic rings. The fourth-order valence-electron chi connectivity index (χ4n) is 3.77. The van der Waals surface area contributed by atoms with Crippen molar-refractivity contribution in [1.82, 2.24) is 10.2 Å². The van der Waals surface area contributed by atoms with Gasteiger partial charge in [0.1, 0.15) is 5.75 Å². The third-order valence-corrected chi connectivity index (χ3v) is 5.71. The molecule has 170 valence electrons. The van der Waals surface area contributed by atoms with Gasteiger partial charge in [-0.3, -0.25) is 14.4 Å². The Labute approximate surface area is 189 Å². The van der Waals surface area contributed by atoms with Crippen LogP contribution in [0.5, 0.6) is 5.75 Å². The largest absolute Gasteiger partial charge is 0.494 e. The Kier molecular flexibility index (Phi) is 8.84. The normalized spacial score (nSPS) is 14.1. The van der Waals surface area contributed by atoms with E-state index in [1.54, 1.807) is 12.1 Å². The molecule has 0 atom stereocenters. The number of hydrogen-bond donors (Lipinski definition) is 1. The van der Waals surface area contributed by atoms with Crippen LogP contribution in [-0.2, 0) is 9.59 Å². The zero-order chi connectivity index (χ0) is 22.8. The van der Waals surface area contributed by atoms with E-state index in [-0.39, 0.29) is 36.5 Å². The Morgan fingerprint density at radius 1 is 0.938 bits per heavy atom. The average Bonchev–Trinajstić information content (AvgIpc) is 2.82. The summed E-state index contributed by atoms with van der Waals surface area (Å²) in [5, 5.41) is 3.02. The lowest BCUT2D eigenvalue weighted by Gasteiger charge is -2.32. The van der Waals surface area contributed by atoms with Crippen LogP contribution in [-0.4, -0.2) is 48.2 Å². The van der Waals surface area contributed by atoms with E-state index in [4.69, 9.17) is 4.74 Å². The van der Waals surface area contributed by atoms with Crippen LogP contribution in [0.1, 0.15) is 54.4 Å². The standard InChI is InChI=1S/C26H32N2O4/c1-20-9-11-21(12-10-20)24(29)13-14-25(30)27-22-15-17-28(18-16-22)26(31)8-5-19-32-23-6-3-2-4-7-23/h2-4,6-7,9-12,22H,5,8,13-19H2,1H3,(H,27,30). The molecular formula is C26H32N2O4. The number of nitrogens with zero attached hydrogens (tertiary/aromatic N) is 1. The Morgan fingerprint density at radius 3 is 2.31 bits per heavy atom. The number of Topliss-reactive ketones (excluding diaryl/α,β-unsaturated/α-hetero) is 1. The fourth-order valence-corrected chi connectivity index (χ4v) is 3.77. The third kappa shape index (κ3) is 7.52. The highest BCUT2D eigenvalue weighted by Gasteiger charge is 2.23. The van der Waals surface area contributed by atoms with Crippen molar-refractivity contribution in [3.8, 4) is 5.75 Å². The van der Waals surface area contributed by atoms with Gasteiger partial charge in [-0.15, -0.1) is 0 Å². The van der Waals surface area contributed by atoms with Crippen LogP contribution in [0.25, 0.3) is 0 Å². The third-order valence-electron chi connectivity index (χ3n) is 5.71. The van der Waals surface area contributed by atoms with Crippen molar-refractivity contribution in [1.29, 1.82) is 0 Å². The van der Waals surface area contributed by atoms with E-state index in [1.807, 2.05) is 54.3 Å². The molecule has 1 N–H and O–H groups in total. The van der Waals surface area contributed by atoms with Gasteiger partial charge in [0.15, 0.2) is 5.78 Å². The summed E-state index contributed by atoms with van der Waals surface area (Å²) in [7, 11) is 0. The van der Waals surface area contributed by atoms with Crippen molar-refractivity contribution in [3.63, 3.8) is 0 Å². The molecule has 1 heterocycles. The summed E-state index contributed by atoms with van der Waals surface area (Å²) in [4.78, 5) is 38.8. The van der Waals surface area contributed by atoms with Gasteiger partial charge in [0.2, 0.25) is 11.8 Å². The second-order valence-corrected chi connectivity index (χ2v) is 8.28. The Balaban J connectivity index is 1.29. The second-order valence-electron chi connectivity index (χ2n) is 8.28. The first-order valence-electron chi connectivity index (χ1n) is 11.4. The van der Waals surface area contributed by atoms with E-state index in [0.29, 0.717) is 38.1 Å². The monoisotopic (exact) mass is 436 g/mol. The van der Waals surface area contributed by atoms with E-state index in [1.165, 1.54) is 0 Å². The Morgan fingerprint density at radius 2 is 1.62 bits per heavy atom. The van der Waals surface area contributed by atoms with Crippen molar-refractivity contribution in [3.05, 3.63) is 65.7 Å². The van der Waals surface area contributed by atoms with Gasteiger partial charge in [0.05, 0.1) is 6.61 Å². The first-order chi connectivity index (χ1) is 15.5. The highest BCUT2D eigenvalue weighted by atomic mass is 16.5. The molecule has 0 bridgehead atoms. The number of likely N-dealkylation sites (tertiary alicyclic amines) is 1. The average molecular weight is 437 g/mol. The molecule has 2 amide bonds. The van der Waals surface area contributed by atoms with Crippen LogP contribution >= 0.6 is 0 Å². The first-order valence-corrected chi connectivity index (χ1v) is 11.4. The number of nitrogens with one attached hydrogen (secondary N) is 1. The molecule has 0 saturated carbocycles. The number of piperidine rings is 1. The van der Waals surface area contributed by atoms with Crippen molar-refractivity contribution in [2.45, 2.75) is 51.5 Å². The highest BCUT2D eigenvalue weighted by molar-refractivity contribution is 5.98. The SMILES string of the molecule is Cc1ccc(C(=O)CCC(=O)NC2CCN(C(=O)CCCOc3ccccc3)CC2)cc1. The fraction of sp³-hybridized carbons (Fsp3) is 0.423. The predicted molar refractivity (Wildman–Crippen MR) is 124 cm³/mol. The van der Waals surface area contributed by atoms with Gasteiger partial charge < -0.3 is 15.0 Å². The zero-order valence-electron chi connectivity index (χ0n) is 18.7. The smallest absolute Gasteiger partial charge is 0.222 e. The summed E-state index contributed by atoms with van der Waals surface area (Å²) < 4.78 is 5.64. The minimum Gasteiger partial charge on any atom is -0.494 e. The summed E-state index contributed by atoms with van der Waals surface area (Å²) in [6.07, 6.45) is 3.02. The van der Waals surface area contributed by atoms with Gasteiger partial charge >= 0.3 is 0 Å². The predicted octanol–water partition coefficient (Wildman–Crippen LogP) is 3.92. The van der Waals surface area contributed by atoms with Crippen LogP contribution in [0.2, 0.25) is 0 Å². The summed E-state index contributed by atoms with van der Waals surface area (Å²) in [5.74, 6) is 0.831. The summed E-state index contributed by atoms with van der Waals surface area (Å²) >= 11 is 0. The van der Waals surface area contributed by atoms with E-state index in [9.17, 15) is 14.4 Å². The van der Waals surface area contributed by atoms with Crippen molar-refractivity contribution in [2.24, 2.45) is 0 Å². The molecule has 6 heteroatoms. The van der Waals surface area contributed by atoms with Gasteiger partial charge in [-0.1, -0.05) is 48.0 Å². The van der Waals surface area contributed by atoms with Gasteiger partial charge in [0.25, 0.3) is 0 Å². The molecule has 0 aliphatic carbocycles. The molecule has 0 aromatic heterocycles. The van der Waals surface area contributed by atoms with Gasteiger partial charge in [-0.25, -0.2) is 0 Å². The lowest BCUT2D eigenvalue weighted by atomic mass is 10.0. The number of aryl methyl sites for hydroxylation is 1. The van der Waals surface area contributed by atoms with Crippen molar-refractivity contribution < 1.29 is 19.1 Å². The molecule has 2 aromatic rings. The molecule has 3 rings (SSSR count). The van der Waals surface area contributed by atoms with E-state index < -0.39 is 0 Å². The zero-order valence-corrected chi connectivity index (χ0v) is 18.7. The first kappa shape index (κ1) is 23.5. The molecule has 0 radical (unpaired) electrons. The quantitative estimate of drug-likeness (QED) is 0.452. The van der Waals surface area contributed by atoms with Crippen LogP contribution in [0.4, 0.5) is 0 Å². The Hall–Kier alpha value is -3.15. The van der Waals surface area contributed by atoms with Gasteiger partial charge in [0, 0.05) is 44.0 Å². The molecule has 2 aromatic carbocycles. The van der Waals surface area contributed by atoms with Crippen LogP contribution < -0.4 is 10.1 Å². The van der Waals surface area contributed by atoms with Crippen LogP contribution in [0.15, 0.2) is 54.6 Å². The topological polar surface area (TPSA) is 75.7 Å². The summed E-state index contributed by atoms with van der Waals surface area (Å²) in [5.41, 5.74) is 1.74. The van der Waals surface area contributed by atoms with Crippen molar-refractivity contribution in [2.75, 3.05) is 19.7 Å². The maximum Gasteiger partial charge on any atom is 0.222 e. The summed E-state index contributed by atoms with van der Waals surface area (Å²) in [6.45, 7) is 3.78. The number of hydrogen-bond acceptors (Lipinski definition) is 4. The number of rotatable bonds is 10. The molecule has 32 heavy (non-hydrogen) atoms. The number of carbonyl (C=O) groups excluding carboxylic acids is 3. The van der Waals surface area contributed by atoms with E-state index in [0.717, 1.165) is 24.2 Å². The van der Waals surface area contributed by atoms with E-state index >= 15 is 0 Å². The number of para-hydroxylation sites is 1. The molecular weight excluding hydrogens is 404 g/mol. The lowest BCUT2D eigenvalue weighted by Crippen LogP contribution is -2.46. The maximum absolute atomic E-state index is 12.4. The van der Waals surface area contributed by atoms with Gasteiger partial charge in [-0.2, -0.15) is 0 Å². The number of amides is 2. The summed E-state index contributed by atoms with van der Waals surface area (Å²) in [6, 6.07) is 17.1. The van der Waals surface area contributed by atoms with Gasteiger partial charge in [-0.05, 0) is 38.3 Å². The minimum atomic E-state index is -0.103. The molecule has 1 aliphatic heterocycles.